The number of carbonyl (C=O) groups excluding carboxylic acids is 1. The molecule has 2 aromatic carbocycles. The molecule has 0 saturated carbocycles. The van der Waals surface area contributed by atoms with Crippen LogP contribution in [0.2, 0.25) is 0 Å². The van der Waals surface area contributed by atoms with Crippen molar-refractivity contribution in [3.8, 4) is 17.0 Å². The fourth-order valence-electron chi connectivity index (χ4n) is 5.43. The van der Waals surface area contributed by atoms with Crippen molar-refractivity contribution in [1.82, 2.24) is 25.1 Å². The van der Waals surface area contributed by atoms with Gasteiger partial charge in [0, 0.05) is 35.6 Å². The molecule has 2 atom stereocenters. The van der Waals surface area contributed by atoms with Crippen LogP contribution in [-0.4, -0.2) is 82.9 Å². The van der Waals surface area contributed by atoms with Crippen LogP contribution in [0.25, 0.3) is 22.0 Å². The monoisotopic (exact) mass is 677 g/mol. The first-order valence-electron chi connectivity index (χ1n) is 14.5. The zero-order valence-corrected chi connectivity index (χ0v) is 27.2. The van der Waals surface area contributed by atoms with Crippen LogP contribution in [0.1, 0.15) is 39.7 Å². The summed E-state index contributed by atoms with van der Waals surface area (Å²) in [4.78, 5) is 35.5. The lowest BCUT2D eigenvalue weighted by atomic mass is 10.0. The minimum Gasteiger partial charge on any atom is -0.480 e. The second-order valence-electron chi connectivity index (χ2n) is 11.1. The smallest absolute Gasteiger partial charge is 0.335 e. The van der Waals surface area contributed by atoms with Gasteiger partial charge in [-0.25, -0.2) is 23.2 Å². The molecule has 1 aliphatic rings. The molecular formula is C31H31N7O7S2. The Morgan fingerprint density at radius 2 is 1.81 bits per heavy atom. The Balaban J connectivity index is 1.25. The number of anilines is 2. The van der Waals surface area contributed by atoms with E-state index >= 15 is 0 Å². The van der Waals surface area contributed by atoms with Gasteiger partial charge in [-0.1, -0.05) is 0 Å². The Labute approximate surface area is 273 Å². The van der Waals surface area contributed by atoms with Gasteiger partial charge >= 0.3 is 5.97 Å². The van der Waals surface area contributed by atoms with Crippen LogP contribution in [-0.2, 0) is 21.3 Å². The van der Waals surface area contributed by atoms with Gasteiger partial charge in [-0.2, -0.15) is 5.10 Å². The molecule has 6 rings (SSSR count). The molecule has 1 fully saturated rings. The molecule has 16 heteroatoms. The number of hydrogen-bond donors (Lipinski definition) is 4. The Kier molecular flexibility index (Phi) is 8.92. The molecule has 3 aromatic heterocycles. The van der Waals surface area contributed by atoms with Crippen LogP contribution in [0.4, 0.5) is 11.4 Å². The number of pyridine rings is 1. The molecule has 1 saturated heterocycles. The minimum atomic E-state index is -4.13. The molecule has 0 radical (unpaired) electrons. The number of thiazole rings is 1. The predicted molar refractivity (Wildman–Crippen MR) is 175 cm³/mol. The highest BCUT2D eigenvalue weighted by Crippen LogP contribution is 2.34. The van der Waals surface area contributed by atoms with Crippen molar-refractivity contribution in [1.29, 1.82) is 0 Å². The van der Waals surface area contributed by atoms with Gasteiger partial charge < -0.3 is 19.9 Å². The maximum absolute atomic E-state index is 13.4. The maximum Gasteiger partial charge on any atom is 0.335 e. The highest BCUT2D eigenvalue weighted by molar-refractivity contribution is 7.92. The average molecular weight is 678 g/mol. The SMILES string of the molecule is COc1ncc(-c2cc(NC(=O)c3csc(CN4C[C@H](C)O[C@@H](C)C4)n3)c3cn[nH]c3c2)cc1NS(=O)(=O)c1ccc(C(=O)O)cc1. The van der Waals surface area contributed by atoms with Crippen LogP contribution in [0.15, 0.2) is 65.1 Å². The normalized spacial score (nSPS) is 17.0. The van der Waals surface area contributed by atoms with E-state index in [0.29, 0.717) is 40.0 Å². The second-order valence-corrected chi connectivity index (χ2v) is 13.7. The Morgan fingerprint density at radius 1 is 1.09 bits per heavy atom. The largest absolute Gasteiger partial charge is 0.480 e. The summed E-state index contributed by atoms with van der Waals surface area (Å²) in [6.07, 6.45) is 3.37. The summed E-state index contributed by atoms with van der Waals surface area (Å²) in [6, 6.07) is 9.90. The van der Waals surface area contributed by atoms with E-state index in [1.54, 1.807) is 29.8 Å². The van der Waals surface area contributed by atoms with Crippen LogP contribution in [0.5, 0.6) is 5.88 Å². The number of carboxylic acids is 1. The van der Waals surface area contributed by atoms with Crippen molar-refractivity contribution in [3.05, 3.63) is 76.5 Å². The summed E-state index contributed by atoms with van der Waals surface area (Å²) < 4.78 is 40.0. The number of sulfonamides is 1. The number of amides is 1. The fourth-order valence-corrected chi connectivity index (χ4v) is 7.29. The van der Waals surface area contributed by atoms with Gasteiger partial charge in [0.05, 0.1) is 53.7 Å². The van der Waals surface area contributed by atoms with Gasteiger partial charge in [0.1, 0.15) is 16.4 Å². The first kappa shape index (κ1) is 32.1. The quantitative estimate of drug-likeness (QED) is 0.163. The number of carboxylic acid groups (broad SMARTS) is 1. The summed E-state index contributed by atoms with van der Waals surface area (Å²) in [5.74, 6) is -1.53. The number of ether oxygens (including phenoxy) is 2. The number of aromatic nitrogens is 4. The van der Waals surface area contributed by atoms with Crippen molar-refractivity contribution < 1.29 is 32.6 Å². The first-order valence-corrected chi connectivity index (χ1v) is 16.9. The molecule has 0 aliphatic carbocycles. The van der Waals surface area contributed by atoms with E-state index in [9.17, 15) is 18.0 Å². The molecule has 0 bridgehead atoms. The van der Waals surface area contributed by atoms with Crippen molar-refractivity contribution in [2.45, 2.75) is 37.5 Å². The molecule has 1 amide bonds. The van der Waals surface area contributed by atoms with Gasteiger partial charge in [-0.05, 0) is 61.9 Å². The van der Waals surface area contributed by atoms with E-state index in [1.807, 2.05) is 13.8 Å². The summed E-state index contributed by atoms with van der Waals surface area (Å²) in [6.45, 7) is 6.29. The van der Waals surface area contributed by atoms with Gasteiger partial charge in [0.25, 0.3) is 15.9 Å². The van der Waals surface area contributed by atoms with Crippen molar-refractivity contribution in [2.24, 2.45) is 0 Å². The highest BCUT2D eigenvalue weighted by Gasteiger charge is 2.24. The van der Waals surface area contributed by atoms with E-state index in [4.69, 9.17) is 14.6 Å². The predicted octanol–water partition coefficient (Wildman–Crippen LogP) is 4.45. The van der Waals surface area contributed by atoms with E-state index in [0.717, 1.165) is 18.1 Å². The van der Waals surface area contributed by atoms with Crippen LogP contribution >= 0.6 is 11.3 Å². The third-order valence-corrected chi connectivity index (χ3v) is 9.69. The molecule has 244 valence electrons. The summed E-state index contributed by atoms with van der Waals surface area (Å²) in [5, 5.41) is 22.4. The molecular weight excluding hydrogens is 647 g/mol. The molecule has 4 N–H and O–H groups in total. The van der Waals surface area contributed by atoms with Crippen LogP contribution in [0, 0.1) is 0 Å². The highest BCUT2D eigenvalue weighted by atomic mass is 32.2. The Hall–Kier alpha value is -4.90. The molecule has 0 spiro atoms. The standard InChI is InChI=1S/C31H31N7O7S2/c1-17-13-38(14-18(2)45-17)15-28-34-27(16-46-28)29(39)35-24-8-20(9-25-23(24)12-33-36-25)21-10-26(30(44-3)32-11-21)37-47(42,43)22-6-4-19(5-7-22)31(40)41/h4-12,16-18,37H,13-15H2,1-3H3,(H,33,36)(H,35,39)(H,40,41)/t17-,18-/m0/s1. The molecule has 14 nitrogen and oxygen atoms in total. The number of rotatable bonds is 10. The number of morpholine rings is 1. The number of nitrogens with zero attached hydrogens (tertiary/aromatic N) is 4. The first-order chi connectivity index (χ1) is 22.5. The topological polar surface area (TPSA) is 189 Å². The zero-order chi connectivity index (χ0) is 33.3. The number of nitrogens with one attached hydrogen (secondary N) is 3. The van der Waals surface area contributed by atoms with Crippen molar-refractivity contribution in [2.75, 3.05) is 30.2 Å². The van der Waals surface area contributed by atoms with E-state index in [-0.39, 0.29) is 40.1 Å². The third-order valence-electron chi connectivity index (χ3n) is 7.48. The number of carbonyl (C=O) groups is 2. The van der Waals surface area contributed by atoms with E-state index in [1.165, 1.54) is 48.9 Å². The number of aromatic carboxylic acids is 1. The van der Waals surface area contributed by atoms with Crippen molar-refractivity contribution >= 4 is 55.5 Å². The summed E-state index contributed by atoms with van der Waals surface area (Å²) in [7, 11) is -2.77. The molecule has 1 aliphatic heterocycles. The maximum atomic E-state index is 13.4. The number of H-pyrrole nitrogens is 1. The molecule has 47 heavy (non-hydrogen) atoms. The fraction of sp³-hybridized carbons (Fsp3) is 0.258. The minimum absolute atomic E-state index is 0.0240. The summed E-state index contributed by atoms with van der Waals surface area (Å²) in [5.41, 5.74) is 2.52. The van der Waals surface area contributed by atoms with Crippen LogP contribution in [0.3, 0.4) is 0 Å². The van der Waals surface area contributed by atoms with Gasteiger partial charge in [-0.15, -0.1) is 11.3 Å². The second kappa shape index (κ2) is 13.1. The average Bonchev–Trinajstić information content (AvgIpc) is 3.70. The molecule has 4 heterocycles. The number of aromatic amines is 1. The lowest BCUT2D eigenvalue weighted by Gasteiger charge is -2.34. The van der Waals surface area contributed by atoms with Gasteiger partial charge in [-0.3, -0.25) is 19.5 Å². The van der Waals surface area contributed by atoms with E-state index in [2.05, 4.69) is 35.1 Å². The number of hydrogen-bond acceptors (Lipinski definition) is 11. The number of benzene rings is 2. The summed E-state index contributed by atoms with van der Waals surface area (Å²) >= 11 is 1.42. The Bertz CT molecular complexity index is 2050. The lowest BCUT2D eigenvalue weighted by Crippen LogP contribution is -2.44. The third kappa shape index (κ3) is 7.10. The number of methoxy groups -OCH3 is 1. The molecule has 0 unspecified atom stereocenters. The van der Waals surface area contributed by atoms with E-state index < -0.39 is 16.0 Å². The van der Waals surface area contributed by atoms with Crippen molar-refractivity contribution in [3.63, 3.8) is 0 Å². The Morgan fingerprint density at radius 3 is 2.51 bits per heavy atom. The van der Waals surface area contributed by atoms with Gasteiger partial charge in [0.2, 0.25) is 5.88 Å². The lowest BCUT2D eigenvalue weighted by molar-refractivity contribution is -0.0705. The molecule has 5 aromatic rings. The zero-order valence-electron chi connectivity index (χ0n) is 25.6. The number of fused-ring (bicyclic) bond motifs is 1. The van der Waals surface area contributed by atoms with Crippen LogP contribution < -0.4 is 14.8 Å². The van der Waals surface area contributed by atoms with Gasteiger partial charge in [0.15, 0.2) is 0 Å².